The minimum absolute atomic E-state index is 0.0147. The number of halogens is 2. The summed E-state index contributed by atoms with van der Waals surface area (Å²) in [6.07, 6.45) is 1.22. The molecule has 0 aliphatic carbocycles. The molecule has 3 rings (SSSR count). The molecule has 5 nitrogen and oxygen atoms in total. The minimum atomic E-state index is -0.936. The summed E-state index contributed by atoms with van der Waals surface area (Å²) in [6, 6.07) is 8.57. The van der Waals surface area contributed by atoms with E-state index in [0.717, 1.165) is 16.9 Å². The van der Waals surface area contributed by atoms with Crippen LogP contribution in [0.1, 0.15) is 33.0 Å². The van der Waals surface area contributed by atoms with Gasteiger partial charge in [0.15, 0.2) is 0 Å². The molecule has 138 valence electrons. The third-order valence-electron chi connectivity index (χ3n) is 4.15. The first-order valence-electron chi connectivity index (χ1n) is 8.06. The van der Waals surface area contributed by atoms with Crippen molar-refractivity contribution in [1.29, 1.82) is 0 Å². The van der Waals surface area contributed by atoms with Crippen LogP contribution < -0.4 is 0 Å². The van der Waals surface area contributed by atoms with Crippen molar-refractivity contribution < 1.29 is 19.4 Å². The van der Waals surface area contributed by atoms with E-state index in [0.29, 0.717) is 41.1 Å². The van der Waals surface area contributed by atoms with Crippen molar-refractivity contribution in [2.75, 3.05) is 6.61 Å². The van der Waals surface area contributed by atoms with Crippen LogP contribution in [0.4, 0.5) is 0 Å². The van der Waals surface area contributed by atoms with Crippen molar-refractivity contribution >= 4 is 46.4 Å². The molecule has 1 amide bonds. The molecule has 0 spiro atoms. The Bertz CT molecular complexity index is 803. The Morgan fingerprint density at radius 3 is 2.65 bits per heavy atom. The van der Waals surface area contributed by atoms with Gasteiger partial charge in [-0.05, 0) is 42.3 Å². The fraction of sp³-hybridized carbons (Fsp3) is 0.333. The van der Waals surface area contributed by atoms with Crippen molar-refractivity contribution in [3.8, 4) is 0 Å². The molecule has 0 bridgehead atoms. The lowest BCUT2D eigenvalue weighted by Crippen LogP contribution is -2.35. The molecule has 1 N–H and O–H groups in total. The summed E-state index contributed by atoms with van der Waals surface area (Å²) in [4.78, 5) is 26.0. The Morgan fingerprint density at radius 2 is 2.00 bits per heavy atom. The molecule has 0 saturated carbocycles. The summed E-state index contributed by atoms with van der Waals surface area (Å²) < 4.78 is 5.73. The summed E-state index contributed by atoms with van der Waals surface area (Å²) in [5, 5.41) is 10.0. The number of ether oxygens (including phenoxy) is 1. The highest BCUT2D eigenvalue weighted by Crippen LogP contribution is 2.26. The van der Waals surface area contributed by atoms with Crippen LogP contribution in [-0.4, -0.2) is 34.5 Å². The molecule has 1 atom stereocenters. The predicted octanol–water partition coefficient (Wildman–Crippen LogP) is 4.46. The lowest BCUT2D eigenvalue weighted by molar-refractivity contribution is -0.130. The van der Waals surface area contributed by atoms with Gasteiger partial charge in [-0.3, -0.25) is 4.79 Å². The Hall–Kier alpha value is -1.60. The topological polar surface area (TPSA) is 66.8 Å². The van der Waals surface area contributed by atoms with Crippen LogP contribution in [0.5, 0.6) is 0 Å². The fourth-order valence-corrected chi connectivity index (χ4v) is 4.30. The molecule has 26 heavy (non-hydrogen) atoms. The molecule has 1 aromatic carbocycles. The van der Waals surface area contributed by atoms with Gasteiger partial charge in [0.1, 0.15) is 4.88 Å². The summed E-state index contributed by atoms with van der Waals surface area (Å²) in [5.41, 5.74) is 0.882. The first-order chi connectivity index (χ1) is 12.4. The van der Waals surface area contributed by atoms with Crippen LogP contribution >= 0.6 is 34.5 Å². The largest absolute Gasteiger partial charge is 0.477 e. The van der Waals surface area contributed by atoms with E-state index in [9.17, 15) is 9.59 Å². The first kappa shape index (κ1) is 19.2. The van der Waals surface area contributed by atoms with Crippen LogP contribution in [0.15, 0.2) is 30.3 Å². The lowest BCUT2D eigenvalue weighted by atomic mass is 10.2. The first-order valence-corrected chi connectivity index (χ1v) is 9.64. The maximum atomic E-state index is 12.2. The van der Waals surface area contributed by atoms with Crippen LogP contribution in [0.2, 0.25) is 10.0 Å². The number of hydrogen-bond donors (Lipinski definition) is 1. The minimum Gasteiger partial charge on any atom is -0.477 e. The SMILES string of the molecule is O=C(O)c1ccc(COCC2CCC(=O)N2Cc2cc(Cl)cc(Cl)c2)s1. The maximum Gasteiger partial charge on any atom is 0.345 e. The molecule has 1 saturated heterocycles. The van der Waals surface area contributed by atoms with Crippen molar-refractivity contribution in [2.24, 2.45) is 0 Å². The van der Waals surface area contributed by atoms with Crippen LogP contribution in [0, 0.1) is 0 Å². The molecular formula is C18H17Cl2NO4S. The molecule has 0 radical (unpaired) electrons. The molecule has 2 heterocycles. The third-order valence-corrected chi connectivity index (χ3v) is 5.64. The van der Waals surface area contributed by atoms with E-state index in [1.165, 1.54) is 11.3 Å². The number of carbonyl (C=O) groups is 2. The van der Waals surface area contributed by atoms with Crippen molar-refractivity contribution in [1.82, 2.24) is 4.90 Å². The Balaban J connectivity index is 1.57. The van der Waals surface area contributed by atoms with Gasteiger partial charge in [-0.25, -0.2) is 4.79 Å². The summed E-state index contributed by atoms with van der Waals surface area (Å²) >= 11 is 13.3. The van der Waals surface area contributed by atoms with Gasteiger partial charge in [0, 0.05) is 27.9 Å². The van der Waals surface area contributed by atoms with E-state index in [1.54, 1.807) is 35.2 Å². The van der Waals surface area contributed by atoms with Crippen molar-refractivity contribution in [3.63, 3.8) is 0 Å². The monoisotopic (exact) mass is 413 g/mol. The highest BCUT2D eigenvalue weighted by atomic mass is 35.5. The number of aromatic carboxylic acids is 1. The zero-order chi connectivity index (χ0) is 18.7. The molecule has 8 heteroatoms. The van der Waals surface area contributed by atoms with Crippen molar-refractivity contribution in [2.45, 2.75) is 32.0 Å². The predicted molar refractivity (Wildman–Crippen MR) is 101 cm³/mol. The van der Waals surface area contributed by atoms with Gasteiger partial charge in [-0.15, -0.1) is 11.3 Å². The van der Waals surface area contributed by atoms with Crippen molar-refractivity contribution in [3.05, 3.63) is 55.7 Å². The van der Waals surface area contributed by atoms with E-state index in [1.807, 2.05) is 0 Å². The van der Waals surface area contributed by atoms with Crippen LogP contribution in [0.3, 0.4) is 0 Å². The number of hydrogen-bond acceptors (Lipinski definition) is 4. The van der Waals surface area contributed by atoms with Crippen LogP contribution in [-0.2, 0) is 22.7 Å². The number of rotatable bonds is 7. The zero-order valence-corrected chi connectivity index (χ0v) is 16.1. The third kappa shape index (κ3) is 4.76. The number of carboxylic acids is 1. The average Bonchev–Trinajstić information content (AvgIpc) is 3.16. The smallest absolute Gasteiger partial charge is 0.345 e. The molecule has 1 fully saturated rings. The number of nitrogens with zero attached hydrogens (tertiary/aromatic N) is 1. The summed E-state index contributed by atoms with van der Waals surface area (Å²) in [7, 11) is 0. The normalized spacial score (nSPS) is 17.1. The van der Waals surface area contributed by atoms with Gasteiger partial charge >= 0.3 is 5.97 Å². The Morgan fingerprint density at radius 1 is 1.27 bits per heavy atom. The molecule has 1 unspecified atom stereocenters. The van der Waals surface area contributed by atoms with Crippen LogP contribution in [0.25, 0.3) is 0 Å². The highest BCUT2D eigenvalue weighted by Gasteiger charge is 2.31. The molecule has 1 aromatic heterocycles. The zero-order valence-electron chi connectivity index (χ0n) is 13.8. The molecule has 1 aliphatic heterocycles. The quantitative estimate of drug-likeness (QED) is 0.727. The van der Waals surface area contributed by atoms with Gasteiger partial charge in [0.05, 0.1) is 19.3 Å². The van der Waals surface area contributed by atoms with E-state index >= 15 is 0 Å². The molecular weight excluding hydrogens is 397 g/mol. The van der Waals surface area contributed by atoms with Gasteiger partial charge in [0.25, 0.3) is 0 Å². The standard InChI is InChI=1S/C18H17Cl2NO4S/c19-12-5-11(6-13(20)7-12)8-21-14(1-4-17(21)22)9-25-10-15-2-3-16(26-15)18(23)24/h2-3,5-7,14H,1,4,8-10H2,(H,23,24). The second-order valence-corrected chi connectivity index (χ2v) is 8.12. The number of benzene rings is 1. The van der Waals surface area contributed by atoms with Gasteiger partial charge in [-0.2, -0.15) is 0 Å². The second kappa shape index (κ2) is 8.39. The van der Waals surface area contributed by atoms with E-state index < -0.39 is 5.97 Å². The average molecular weight is 414 g/mol. The number of likely N-dealkylation sites (tertiary alicyclic amines) is 1. The number of carbonyl (C=O) groups excluding carboxylic acids is 1. The maximum absolute atomic E-state index is 12.2. The fourth-order valence-electron chi connectivity index (χ4n) is 2.95. The number of amides is 1. The number of carboxylic acid groups (broad SMARTS) is 1. The van der Waals surface area contributed by atoms with E-state index in [-0.39, 0.29) is 11.9 Å². The van der Waals surface area contributed by atoms with Gasteiger partial charge in [0.2, 0.25) is 5.91 Å². The highest BCUT2D eigenvalue weighted by molar-refractivity contribution is 7.13. The Kier molecular flexibility index (Phi) is 6.19. The van der Waals surface area contributed by atoms with E-state index in [4.69, 9.17) is 33.0 Å². The van der Waals surface area contributed by atoms with Gasteiger partial charge < -0.3 is 14.7 Å². The lowest BCUT2D eigenvalue weighted by Gasteiger charge is -2.25. The Labute approximate surface area is 165 Å². The molecule has 2 aromatic rings. The summed E-state index contributed by atoms with van der Waals surface area (Å²) in [6.45, 7) is 1.18. The van der Waals surface area contributed by atoms with E-state index in [2.05, 4.69) is 0 Å². The summed E-state index contributed by atoms with van der Waals surface area (Å²) in [5.74, 6) is -0.854. The number of thiophene rings is 1. The van der Waals surface area contributed by atoms with Gasteiger partial charge in [-0.1, -0.05) is 23.2 Å². The molecule has 1 aliphatic rings. The second-order valence-electron chi connectivity index (χ2n) is 6.08.